The van der Waals surface area contributed by atoms with Gasteiger partial charge in [0.2, 0.25) is 5.91 Å². The van der Waals surface area contributed by atoms with Gasteiger partial charge in [-0.2, -0.15) is 0 Å². The van der Waals surface area contributed by atoms with E-state index in [1.807, 2.05) is 24.3 Å². The van der Waals surface area contributed by atoms with Crippen molar-refractivity contribution in [1.29, 1.82) is 0 Å². The molecule has 4 rings (SSSR count). The number of nitrogens with zero attached hydrogens (tertiary/aromatic N) is 4. The van der Waals surface area contributed by atoms with Gasteiger partial charge in [-0.05, 0) is 30.5 Å². The minimum Gasteiger partial charge on any atom is -0.347 e. The second-order valence-electron chi connectivity index (χ2n) is 6.62. The number of fused-ring (bicyclic) bond motifs is 1. The molecule has 1 fully saturated rings. The highest BCUT2D eigenvalue weighted by molar-refractivity contribution is 7.17. The Kier molecular flexibility index (Phi) is 4.54. The highest BCUT2D eigenvalue weighted by Crippen LogP contribution is 2.40. The molecule has 0 aliphatic carbocycles. The van der Waals surface area contributed by atoms with Gasteiger partial charge in [-0.15, -0.1) is 11.3 Å². The Labute approximate surface area is 161 Å². The van der Waals surface area contributed by atoms with E-state index in [1.165, 1.54) is 0 Å². The third-order valence-corrected chi connectivity index (χ3v) is 5.89. The standard InChI is InChI=1S/C19H19ClN4OS/c1-23(2)19(25)15-4-3-9-24(15)17-16-14(10-26-18(16)22-11-21-17)12-5-7-13(20)8-6-12/h5-8,10-11,15H,3-4,9H2,1-2H3/t15-/m1/s1. The lowest BCUT2D eigenvalue weighted by atomic mass is 10.1. The number of amides is 1. The van der Waals surface area contributed by atoms with Crippen LogP contribution < -0.4 is 4.90 Å². The van der Waals surface area contributed by atoms with Crippen LogP contribution in [-0.4, -0.2) is 47.5 Å². The largest absolute Gasteiger partial charge is 0.347 e. The Morgan fingerprint density at radius 3 is 2.77 bits per heavy atom. The van der Waals surface area contributed by atoms with E-state index in [0.717, 1.165) is 46.5 Å². The van der Waals surface area contributed by atoms with Gasteiger partial charge in [0.25, 0.3) is 0 Å². The highest BCUT2D eigenvalue weighted by Gasteiger charge is 2.34. The summed E-state index contributed by atoms with van der Waals surface area (Å²) in [4.78, 5) is 26.4. The van der Waals surface area contributed by atoms with Crippen molar-refractivity contribution in [3.05, 3.63) is 41.0 Å². The van der Waals surface area contributed by atoms with Gasteiger partial charge in [-0.25, -0.2) is 9.97 Å². The summed E-state index contributed by atoms with van der Waals surface area (Å²) in [6.07, 6.45) is 3.43. The van der Waals surface area contributed by atoms with Gasteiger partial charge in [0.05, 0.1) is 5.39 Å². The predicted molar refractivity (Wildman–Crippen MR) is 107 cm³/mol. The average Bonchev–Trinajstić information content (AvgIpc) is 3.28. The van der Waals surface area contributed by atoms with E-state index in [-0.39, 0.29) is 11.9 Å². The fourth-order valence-electron chi connectivity index (χ4n) is 3.49. The Morgan fingerprint density at radius 1 is 1.27 bits per heavy atom. The SMILES string of the molecule is CN(C)C(=O)[C@H]1CCCN1c1ncnc2scc(-c3ccc(Cl)cc3)c12. The summed E-state index contributed by atoms with van der Waals surface area (Å²) in [5.74, 6) is 0.969. The van der Waals surface area contributed by atoms with Crippen LogP contribution in [-0.2, 0) is 4.79 Å². The zero-order valence-electron chi connectivity index (χ0n) is 14.6. The van der Waals surface area contributed by atoms with Crippen molar-refractivity contribution < 1.29 is 4.79 Å². The van der Waals surface area contributed by atoms with E-state index < -0.39 is 0 Å². The predicted octanol–water partition coefficient (Wildman–Crippen LogP) is 4.07. The first-order chi connectivity index (χ1) is 12.6. The Morgan fingerprint density at radius 2 is 2.04 bits per heavy atom. The van der Waals surface area contributed by atoms with Crippen LogP contribution in [0.4, 0.5) is 5.82 Å². The molecule has 3 aromatic rings. The van der Waals surface area contributed by atoms with Gasteiger partial charge in [-0.3, -0.25) is 4.79 Å². The first-order valence-electron chi connectivity index (χ1n) is 8.52. The van der Waals surface area contributed by atoms with Gasteiger partial charge in [0, 0.05) is 36.6 Å². The number of anilines is 1. The normalized spacial score (nSPS) is 17.0. The van der Waals surface area contributed by atoms with Crippen LogP contribution in [0.3, 0.4) is 0 Å². The molecule has 1 aromatic carbocycles. The number of hydrogen-bond acceptors (Lipinski definition) is 5. The molecule has 0 saturated carbocycles. The zero-order valence-corrected chi connectivity index (χ0v) is 16.2. The van der Waals surface area contributed by atoms with Crippen molar-refractivity contribution in [2.24, 2.45) is 0 Å². The second kappa shape index (κ2) is 6.85. The van der Waals surface area contributed by atoms with Crippen LogP contribution in [0, 0.1) is 0 Å². The van der Waals surface area contributed by atoms with E-state index in [0.29, 0.717) is 5.02 Å². The van der Waals surface area contributed by atoms with Crippen LogP contribution in [0.25, 0.3) is 21.3 Å². The minimum absolute atomic E-state index is 0.123. The molecule has 134 valence electrons. The van der Waals surface area contributed by atoms with Crippen LogP contribution >= 0.6 is 22.9 Å². The zero-order chi connectivity index (χ0) is 18.3. The molecule has 26 heavy (non-hydrogen) atoms. The van der Waals surface area contributed by atoms with Gasteiger partial charge in [0.1, 0.15) is 23.0 Å². The molecule has 7 heteroatoms. The van der Waals surface area contributed by atoms with Crippen molar-refractivity contribution in [1.82, 2.24) is 14.9 Å². The molecule has 1 aliphatic rings. The molecule has 5 nitrogen and oxygen atoms in total. The fraction of sp³-hybridized carbons (Fsp3) is 0.316. The number of benzene rings is 1. The van der Waals surface area contributed by atoms with Crippen LogP contribution in [0.1, 0.15) is 12.8 Å². The lowest BCUT2D eigenvalue weighted by Crippen LogP contribution is -2.43. The van der Waals surface area contributed by atoms with Gasteiger partial charge in [0.15, 0.2) is 0 Å². The topological polar surface area (TPSA) is 49.3 Å². The van der Waals surface area contributed by atoms with Crippen LogP contribution in [0.5, 0.6) is 0 Å². The molecule has 1 saturated heterocycles. The third-order valence-electron chi connectivity index (χ3n) is 4.76. The number of hydrogen-bond donors (Lipinski definition) is 0. The summed E-state index contributed by atoms with van der Waals surface area (Å²) in [7, 11) is 3.61. The summed E-state index contributed by atoms with van der Waals surface area (Å²) < 4.78 is 0. The molecule has 0 radical (unpaired) electrons. The summed E-state index contributed by atoms with van der Waals surface area (Å²) in [6.45, 7) is 0.826. The number of aromatic nitrogens is 2. The summed E-state index contributed by atoms with van der Waals surface area (Å²) in [5.41, 5.74) is 2.16. The number of carbonyl (C=O) groups excluding carboxylic acids is 1. The number of thiophene rings is 1. The summed E-state index contributed by atoms with van der Waals surface area (Å²) in [5, 5.41) is 3.82. The molecule has 2 aromatic heterocycles. The molecule has 1 atom stereocenters. The smallest absolute Gasteiger partial charge is 0.244 e. The number of likely N-dealkylation sites (N-methyl/N-ethyl adjacent to an activating group) is 1. The first kappa shape index (κ1) is 17.2. The number of carbonyl (C=O) groups is 1. The second-order valence-corrected chi connectivity index (χ2v) is 7.91. The maximum Gasteiger partial charge on any atom is 0.244 e. The molecule has 0 unspecified atom stereocenters. The van der Waals surface area contributed by atoms with Gasteiger partial charge in [-0.1, -0.05) is 23.7 Å². The van der Waals surface area contributed by atoms with Crippen molar-refractivity contribution in [3.8, 4) is 11.1 Å². The average molecular weight is 387 g/mol. The van der Waals surface area contributed by atoms with Gasteiger partial charge < -0.3 is 9.80 Å². The first-order valence-corrected chi connectivity index (χ1v) is 9.78. The third kappa shape index (κ3) is 2.93. The Balaban J connectivity index is 1.84. The van der Waals surface area contributed by atoms with E-state index in [9.17, 15) is 4.79 Å². The van der Waals surface area contributed by atoms with Gasteiger partial charge >= 0.3 is 0 Å². The maximum atomic E-state index is 12.6. The monoisotopic (exact) mass is 386 g/mol. The lowest BCUT2D eigenvalue weighted by molar-refractivity contribution is -0.129. The molecule has 0 bridgehead atoms. The van der Waals surface area contributed by atoms with E-state index in [4.69, 9.17) is 11.6 Å². The molecule has 0 N–H and O–H groups in total. The van der Waals surface area contributed by atoms with E-state index in [1.54, 1.807) is 36.7 Å². The Bertz CT molecular complexity index is 954. The van der Waals surface area contributed by atoms with Crippen molar-refractivity contribution >= 4 is 44.9 Å². The van der Waals surface area contributed by atoms with Crippen LogP contribution in [0.15, 0.2) is 36.0 Å². The number of rotatable bonds is 3. The Hall–Kier alpha value is -2.18. The van der Waals surface area contributed by atoms with E-state index in [2.05, 4.69) is 20.2 Å². The van der Waals surface area contributed by atoms with Crippen LogP contribution in [0.2, 0.25) is 5.02 Å². The molecular formula is C19H19ClN4OS. The number of halogens is 1. The molecule has 0 spiro atoms. The summed E-state index contributed by atoms with van der Waals surface area (Å²) >= 11 is 7.63. The maximum absolute atomic E-state index is 12.6. The lowest BCUT2D eigenvalue weighted by Gasteiger charge is -2.27. The highest BCUT2D eigenvalue weighted by atomic mass is 35.5. The van der Waals surface area contributed by atoms with Crippen molar-refractivity contribution in [2.45, 2.75) is 18.9 Å². The van der Waals surface area contributed by atoms with Crippen molar-refractivity contribution in [2.75, 3.05) is 25.5 Å². The minimum atomic E-state index is -0.166. The molecule has 1 aliphatic heterocycles. The molecule has 3 heterocycles. The van der Waals surface area contributed by atoms with E-state index >= 15 is 0 Å². The summed E-state index contributed by atoms with van der Waals surface area (Å²) in [6, 6.07) is 7.62. The molecule has 1 amide bonds. The molecular weight excluding hydrogens is 368 g/mol. The van der Waals surface area contributed by atoms with Crippen molar-refractivity contribution in [3.63, 3.8) is 0 Å². The quantitative estimate of drug-likeness (QED) is 0.680. The fourth-order valence-corrected chi connectivity index (χ4v) is 4.53.